The van der Waals surface area contributed by atoms with Crippen molar-refractivity contribution < 1.29 is 0 Å². The van der Waals surface area contributed by atoms with Crippen LogP contribution in [0.5, 0.6) is 0 Å². The lowest BCUT2D eigenvalue weighted by atomic mass is 10.2. The third kappa shape index (κ3) is 3.31. The Kier molecular flexibility index (Phi) is 4.78. The van der Waals surface area contributed by atoms with Gasteiger partial charge in [0.15, 0.2) is 0 Å². The van der Waals surface area contributed by atoms with Crippen molar-refractivity contribution in [1.82, 2.24) is 14.7 Å². The maximum atomic E-state index is 6.32. The van der Waals surface area contributed by atoms with Crippen molar-refractivity contribution in [3.05, 3.63) is 40.7 Å². The van der Waals surface area contributed by atoms with Gasteiger partial charge in [0.25, 0.3) is 0 Å². The normalized spacial score (nSPS) is 16.0. The van der Waals surface area contributed by atoms with Crippen LogP contribution in [-0.2, 0) is 13.1 Å². The average molecular weight is 334 g/mol. The van der Waals surface area contributed by atoms with Gasteiger partial charge in [-0.05, 0) is 26.0 Å². The maximum Gasteiger partial charge on any atom is 0.0790 e. The third-order valence-corrected chi connectivity index (χ3v) is 4.91. The lowest BCUT2D eigenvalue weighted by Gasteiger charge is -2.37. The first-order valence-corrected chi connectivity index (χ1v) is 8.50. The lowest BCUT2D eigenvalue weighted by Crippen LogP contribution is -2.46. The second-order valence-corrected chi connectivity index (χ2v) is 6.42. The summed E-state index contributed by atoms with van der Waals surface area (Å²) in [6.07, 6.45) is 2.00. The Morgan fingerprint density at radius 3 is 2.57 bits per heavy atom. The zero-order chi connectivity index (χ0) is 16.4. The van der Waals surface area contributed by atoms with Crippen molar-refractivity contribution in [2.45, 2.75) is 26.9 Å². The van der Waals surface area contributed by atoms with Crippen molar-refractivity contribution in [2.75, 3.05) is 36.8 Å². The second kappa shape index (κ2) is 6.81. The van der Waals surface area contributed by atoms with Gasteiger partial charge in [0.05, 0.1) is 22.6 Å². The number of anilines is 2. The number of benzene rings is 1. The minimum Gasteiger partial charge on any atom is -0.397 e. The highest BCUT2D eigenvalue weighted by atomic mass is 35.5. The highest BCUT2D eigenvalue weighted by Gasteiger charge is 2.21. The molecule has 0 saturated carbocycles. The number of nitrogens with two attached hydrogens (primary N) is 1. The van der Waals surface area contributed by atoms with Crippen LogP contribution in [-0.4, -0.2) is 40.9 Å². The highest BCUT2D eigenvalue weighted by Crippen LogP contribution is 2.32. The monoisotopic (exact) mass is 333 g/mol. The van der Waals surface area contributed by atoms with E-state index in [4.69, 9.17) is 17.3 Å². The molecular formula is C17H24ClN5. The summed E-state index contributed by atoms with van der Waals surface area (Å²) in [5.41, 5.74) is 10.4. The molecular weight excluding hydrogens is 310 g/mol. The van der Waals surface area contributed by atoms with Crippen LogP contribution >= 0.6 is 11.6 Å². The van der Waals surface area contributed by atoms with E-state index in [1.165, 1.54) is 11.3 Å². The van der Waals surface area contributed by atoms with E-state index in [2.05, 4.69) is 33.4 Å². The topological polar surface area (TPSA) is 50.3 Å². The Balaban J connectivity index is 1.63. The zero-order valence-corrected chi connectivity index (χ0v) is 14.6. The zero-order valence-electron chi connectivity index (χ0n) is 13.8. The standard InChI is InChI=1S/C17H24ClN5/c1-3-23-13(2)14(11-20-23)12-21-7-9-22(10-8-21)17-15(18)5-4-6-16(17)19/h4-6,11H,3,7-10,12,19H2,1-2H3. The summed E-state index contributed by atoms with van der Waals surface area (Å²) in [6.45, 7) is 10.0. The van der Waals surface area contributed by atoms with Crippen LogP contribution in [0.4, 0.5) is 11.4 Å². The van der Waals surface area contributed by atoms with Gasteiger partial charge in [-0.3, -0.25) is 9.58 Å². The minimum absolute atomic E-state index is 0.735. The number of halogens is 1. The predicted molar refractivity (Wildman–Crippen MR) is 96.0 cm³/mol. The van der Waals surface area contributed by atoms with Crippen molar-refractivity contribution in [1.29, 1.82) is 0 Å². The molecule has 124 valence electrons. The third-order valence-electron chi connectivity index (χ3n) is 4.60. The van der Waals surface area contributed by atoms with E-state index in [1.54, 1.807) is 0 Å². The molecule has 2 N–H and O–H groups in total. The van der Waals surface area contributed by atoms with Gasteiger partial charge in [-0.2, -0.15) is 5.10 Å². The first-order chi connectivity index (χ1) is 11.1. The van der Waals surface area contributed by atoms with Crippen LogP contribution in [0, 0.1) is 6.92 Å². The molecule has 0 aliphatic carbocycles. The molecule has 5 nitrogen and oxygen atoms in total. The predicted octanol–water partition coefficient (Wildman–Crippen LogP) is 2.77. The molecule has 1 fully saturated rings. The van der Waals surface area contributed by atoms with Crippen molar-refractivity contribution >= 4 is 23.0 Å². The molecule has 2 heterocycles. The van der Waals surface area contributed by atoms with Gasteiger partial charge in [0.2, 0.25) is 0 Å². The van der Waals surface area contributed by atoms with E-state index >= 15 is 0 Å². The van der Waals surface area contributed by atoms with Crippen molar-refractivity contribution in [2.24, 2.45) is 0 Å². The largest absolute Gasteiger partial charge is 0.397 e. The van der Waals surface area contributed by atoms with E-state index < -0.39 is 0 Å². The summed E-state index contributed by atoms with van der Waals surface area (Å²) < 4.78 is 2.05. The first kappa shape index (κ1) is 16.1. The number of hydrogen-bond donors (Lipinski definition) is 1. The van der Waals surface area contributed by atoms with Gasteiger partial charge < -0.3 is 10.6 Å². The van der Waals surface area contributed by atoms with Crippen molar-refractivity contribution in [3.63, 3.8) is 0 Å². The molecule has 3 rings (SSSR count). The van der Waals surface area contributed by atoms with Crippen LogP contribution in [0.25, 0.3) is 0 Å². The van der Waals surface area contributed by atoms with Gasteiger partial charge in [0, 0.05) is 50.5 Å². The first-order valence-electron chi connectivity index (χ1n) is 8.12. The average Bonchev–Trinajstić information content (AvgIpc) is 2.89. The smallest absolute Gasteiger partial charge is 0.0790 e. The molecule has 0 spiro atoms. The van der Waals surface area contributed by atoms with Gasteiger partial charge in [-0.1, -0.05) is 17.7 Å². The minimum atomic E-state index is 0.735. The lowest BCUT2D eigenvalue weighted by molar-refractivity contribution is 0.249. The Morgan fingerprint density at radius 2 is 1.96 bits per heavy atom. The number of nitrogen functional groups attached to an aromatic ring is 1. The van der Waals surface area contributed by atoms with Gasteiger partial charge in [0.1, 0.15) is 0 Å². The van der Waals surface area contributed by atoms with Gasteiger partial charge in [-0.25, -0.2) is 0 Å². The summed E-state index contributed by atoms with van der Waals surface area (Å²) in [4.78, 5) is 4.75. The summed E-state index contributed by atoms with van der Waals surface area (Å²) in [7, 11) is 0. The highest BCUT2D eigenvalue weighted by molar-refractivity contribution is 6.34. The summed E-state index contributed by atoms with van der Waals surface area (Å²) in [6, 6.07) is 5.71. The Hall–Kier alpha value is -1.72. The van der Waals surface area contributed by atoms with Crippen LogP contribution < -0.4 is 10.6 Å². The van der Waals surface area contributed by atoms with E-state index in [-0.39, 0.29) is 0 Å². The summed E-state index contributed by atoms with van der Waals surface area (Å²) in [5.74, 6) is 0. The number of hydrogen-bond acceptors (Lipinski definition) is 4. The number of rotatable bonds is 4. The number of aromatic nitrogens is 2. The molecule has 1 aliphatic rings. The molecule has 23 heavy (non-hydrogen) atoms. The van der Waals surface area contributed by atoms with E-state index in [0.717, 1.165) is 55.7 Å². The molecule has 1 aromatic carbocycles. The van der Waals surface area contributed by atoms with Crippen LogP contribution in [0.2, 0.25) is 5.02 Å². The Morgan fingerprint density at radius 1 is 1.22 bits per heavy atom. The maximum absolute atomic E-state index is 6.32. The number of aryl methyl sites for hydroxylation is 1. The van der Waals surface area contributed by atoms with Gasteiger partial charge >= 0.3 is 0 Å². The molecule has 0 amide bonds. The van der Waals surface area contributed by atoms with Gasteiger partial charge in [-0.15, -0.1) is 0 Å². The Labute approximate surface area is 142 Å². The number of para-hydroxylation sites is 1. The van der Waals surface area contributed by atoms with Crippen molar-refractivity contribution in [3.8, 4) is 0 Å². The summed E-state index contributed by atoms with van der Waals surface area (Å²) in [5, 5.41) is 5.17. The van der Waals surface area contributed by atoms with Crippen LogP contribution in [0.3, 0.4) is 0 Å². The summed E-state index contributed by atoms with van der Waals surface area (Å²) >= 11 is 6.32. The second-order valence-electron chi connectivity index (χ2n) is 6.01. The number of piperazine rings is 1. The molecule has 1 aliphatic heterocycles. The molecule has 0 atom stereocenters. The SMILES string of the molecule is CCn1ncc(CN2CCN(c3c(N)cccc3Cl)CC2)c1C. The Bertz CT molecular complexity index is 653. The van der Waals surface area contributed by atoms with E-state index in [1.807, 2.05) is 24.4 Å². The fourth-order valence-electron chi connectivity index (χ4n) is 3.20. The number of nitrogens with zero attached hydrogens (tertiary/aromatic N) is 4. The molecule has 0 radical (unpaired) electrons. The molecule has 0 unspecified atom stereocenters. The fourth-order valence-corrected chi connectivity index (χ4v) is 3.50. The quantitative estimate of drug-likeness (QED) is 0.874. The fraction of sp³-hybridized carbons (Fsp3) is 0.471. The molecule has 1 saturated heterocycles. The molecule has 0 bridgehead atoms. The van der Waals surface area contributed by atoms with E-state index in [0.29, 0.717) is 0 Å². The van der Waals surface area contributed by atoms with E-state index in [9.17, 15) is 0 Å². The molecule has 2 aromatic rings. The molecule has 6 heteroatoms. The van der Waals surface area contributed by atoms with Crippen LogP contribution in [0.1, 0.15) is 18.2 Å². The van der Waals surface area contributed by atoms with Crippen LogP contribution in [0.15, 0.2) is 24.4 Å². The molecule has 1 aromatic heterocycles.